The lowest BCUT2D eigenvalue weighted by atomic mass is 10.3. The Balaban J connectivity index is 2.54. The van der Waals surface area contributed by atoms with E-state index >= 15 is 0 Å². The van der Waals surface area contributed by atoms with Gasteiger partial charge in [-0.3, -0.25) is 4.79 Å². The molecule has 0 unspecified atom stereocenters. The Bertz CT molecular complexity index is 684. The molecule has 0 aliphatic carbocycles. The molecule has 0 radical (unpaired) electrons. The summed E-state index contributed by atoms with van der Waals surface area (Å²) < 4.78 is 0.738. The molecule has 1 atom stereocenters. The smallest absolute Gasteiger partial charge is 0.352 e. The molecule has 0 fully saturated rings. The van der Waals surface area contributed by atoms with Crippen molar-refractivity contribution >= 4 is 23.1 Å². The third-order valence-electron chi connectivity index (χ3n) is 2.18. The molecule has 0 aliphatic heterocycles. The first-order chi connectivity index (χ1) is 9.04. The number of aliphatic hydroxyl groups is 1. The van der Waals surface area contributed by atoms with E-state index in [-0.39, 0.29) is 17.1 Å². The molecule has 2 aromatic rings. The molecule has 19 heavy (non-hydrogen) atoms. The summed E-state index contributed by atoms with van der Waals surface area (Å²) in [5, 5.41) is 8.75. The maximum atomic E-state index is 11.5. The van der Waals surface area contributed by atoms with Crippen molar-refractivity contribution in [1.82, 2.24) is 19.7 Å². The number of fused-ring (bicyclic) bond motifs is 1. The van der Waals surface area contributed by atoms with E-state index in [4.69, 9.17) is 21.4 Å². The normalized spacial score (nSPS) is 12.3. The van der Waals surface area contributed by atoms with E-state index in [2.05, 4.69) is 15.0 Å². The predicted molar refractivity (Wildman–Crippen MR) is 62.7 cm³/mol. The van der Waals surface area contributed by atoms with Crippen molar-refractivity contribution in [2.45, 2.75) is 6.04 Å². The summed E-state index contributed by atoms with van der Waals surface area (Å²) >= 11 is 0. The second-order valence-electron chi connectivity index (χ2n) is 3.50. The Hall–Kier alpha value is -2.59. The van der Waals surface area contributed by atoms with Crippen LogP contribution in [0.25, 0.3) is 11.2 Å². The maximum absolute atomic E-state index is 11.5. The third kappa shape index (κ3) is 2.34. The first-order valence-electron chi connectivity index (χ1n) is 5.12. The number of nitrogens with zero attached hydrogens (tertiary/aromatic N) is 4. The molecule has 2 rings (SSSR count). The summed E-state index contributed by atoms with van der Waals surface area (Å²) in [6.45, 7) is -0.601. The number of nitrogens with two attached hydrogens (primary N) is 2. The Labute approximate surface area is 105 Å². The molecule has 100 valence electrons. The van der Waals surface area contributed by atoms with E-state index in [1.165, 1.54) is 12.4 Å². The van der Waals surface area contributed by atoms with Crippen LogP contribution in [0.4, 0.5) is 5.95 Å². The van der Waals surface area contributed by atoms with Crippen molar-refractivity contribution in [3.63, 3.8) is 0 Å². The third-order valence-corrected chi connectivity index (χ3v) is 2.18. The number of aliphatic hydroxyl groups excluding tert-OH is 1. The number of carbonyl (C=O) groups is 1. The molecule has 0 aromatic carbocycles. The maximum Gasteiger partial charge on any atom is 0.352 e. The van der Waals surface area contributed by atoms with Gasteiger partial charge in [0, 0.05) is 12.4 Å². The van der Waals surface area contributed by atoms with Crippen molar-refractivity contribution in [3.8, 4) is 0 Å². The molecule has 0 spiro atoms. The topological polar surface area (TPSA) is 159 Å². The minimum absolute atomic E-state index is 0.0708. The van der Waals surface area contributed by atoms with Crippen molar-refractivity contribution < 1.29 is 14.7 Å². The number of nitrogen functional groups attached to an aromatic ring is 1. The quantitative estimate of drug-likeness (QED) is 0.527. The van der Waals surface area contributed by atoms with E-state index < -0.39 is 24.2 Å². The summed E-state index contributed by atoms with van der Waals surface area (Å²) in [5.41, 5.74) is 9.90. The van der Waals surface area contributed by atoms with Gasteiger partial charge in [-0.05, 0) is 0 Å². The molecule has 10 nitrogen and oxygen atoms in total. The Morgan fingerprint density at radius 1 is 1.47 bits per heavy atom. The van der Waals surface area contributed by atoms with Gasteiger partial charge in [0.1, 0.15) is 6.04 Å². The summed E-state index contributed by atoms with van der Waals surface area (Å²) in [7, 11) is 0. The standard InChI is InChI=1S/C9H10N6O4/c10-4(3-16)8(18)19-15-6-5(12-1-2-13-6)7(17)14-9(15)11/h1-2,4,16H,3,10H2,(H2,11,14,17)/t4-/m0/s1. The van der Waals surface area contributed by atoms with Crippen LogP contribution in [0.15, 0.2) is 17.2 Å². The van der Waals surface area contributed by atoms with Gasteiger partial charge in [-0.25, -0.2) is 14.8 Å². The SMILES string of the molecule is Nc1nc(=O)c2nccnc2n1OC(=O)[C@@H](N)CO. The van der Waals surface area contributed by atoms with Crippen molar-refractivity contribution in [2.24, 2.45) is 5.73 Å². The molecular weight excluding hydrogens is 256 g/mol. The molecular formula is C9H10N6O4. The zero-order valence-corrected chi connectivity index (χ0v) is 9.55. The van der Waals surface area contributed by atoms with Crippen LogP contribution in [0.1, 0.15) is 0 Å². The number of carbonyl (C=O) groups excluding carboxylic acids is 1. The van der Waals surface area contributed by atoms with E-state index in [1.807, 2.05) is 0 Å². The average Bonchev–Trinajstić information content (AvgIpc) is 2.42. The van der Waals surface area contributed by atoms with Crippen molar-refractivity contribution in [3.05, 3.63) is 22.7 Å². The lowest BCUT2D eigenvalue weighted by Crippen LogP contribution is -2.41. The van der Waals surface area contributed by atoms with E-state index in [1.54, 1.807) is 0 Å². The fourth-order valence-corrected chi connectivity index (χ4v) is 1.26. The van der Waals surface area contributed by atoms with E-state index in [9.17, 15) is 9.59 Å². The van der Waals surface area contributed by atoms with Crippen LogP contribution in [-0.4, -0.2) is 43.4 Å². The molecule has 2 heterocycles. The highest BCUT2D eigenvalue weighted by Crippen LogP contribution is 2.05. The highest BCUT2D eigenvalue weighted by atomic mass is 16.7. The van der Waals surface area contributed by atoms with Crippen LogP contribution >= 0.6 is 0 Å². The van der Waals surface area contributed by atoms with Gasteiger partial charge < -0.3 is 21.4 Å². The largest absolute Gasteiger partial charge is 0.394 e. The van der Waals surface area contributed by atoms with Gasteiger partial charge in [0.05, 0.1) is 6.61 Å². The average molecular weight is 266 g/mol. The van der Waals surface area contributed by atoms with Gasteiger partial charge in [-0.2, -0.15) is 4.98 Å². The number of hydrogen-bond acceptors (Lipinski definition) is 9. The van der Waals surface area contributed by atoms with Crippen molar-refractivity contribution in [1.29, 1.82) is 0 Å². The lowest BCUT2D eigenvalue weighted by molar-refractivity contribution is -0.146. The summed E-state index contributed by atoms with van der Waals surface area (Å²) in [4.78, 5) is 38.9. The first kappa shape index (κ1) is 12.9. The summed E-state index contributed by atoms with van der Waals surface area (Å²) in [6.07, 6.45) is 2.57. The highest BCUT2D eigenvalue weighted by molar-refractivity contribution is 5.77. The van der Waals surface area contributed by atoms with E-state index in [0.29, 0.717) is 0 Å². The number of hydrogen-bond donors (Lipinski definition) is 3. The number of anilines is 1. The molecule has 10 heteroatoms. The van der Waals surface area contributed by atoms with Crippen LogP contribution in [0.3, 0.4) is 0 Å². The van der Waals surface area contributed by atoms with Gasteiger partial charge in [0.25, 0.3) is 0 Å². The first-order valence-corrected chi connectivity index (χ1v) is 5.12. The second kappa shape index (κ2) is 4.96. The van der Waals surface area contributed by atoms with E-state index in [0.717, 1.165) is 4.73 Å². The van der Waals surface area contributed by atoms with Crippen LogP contribution in [-0.2, 0) is 4.79 Å². The number of rotatable bonds is 3. The minimum Gasteiger partial charge on any atom is -0.394 e. The fourth-order valence-electron chi connectivity index (χ4n) is 1.26. The predicted octanol–water partition coefficient (Wildman–Crippen LogP) is -2.96. The van der Waals surface area contributed by atoms with Gasteiger partial charge >= 0.3 is 11.5 Å². The molecule has 0 saturated heterocycles. The summed E-state index contributed by atoms with van der Waals surface area (Å²) in [6, 6.07) is -1.24. The van der Waals surface area contributed by atoms with Gasteiger partial charge in [-0.15, -0.1) is 4.73 Å². The minimum atomic E-state index is -1.24. The van der Waals surface area contributed by atoms with Crippen LogP contribution in [0.2, 0.25) is 0 Å². The number of aromatic nitrogens is 4. The second-order valence-corrected chi connectivity index (χ2v) is 3.50. The zero-order valence-electron chi connectivity index (χ0n) is 9.55. The Morgan fingerprint density at radius 2 is 2.16 bits per heavy atom. The van der Waals surface area contributed by atoms with Gasteiger partial charge in [-0.1, -0.05) is 0 Å². The molecule has 0 aliphatic rings. The van der Waals surface area contributed by atoms with Gasteiger partial charge in [0.15, 0.2) is 5.52 Å². The Morgan fingerprint density at radius 3 is 2.84 bits per heavy atom. The molecule has 0 bridgehead atoms. The highest BCUT2D eigenvalue weighted by Gasteiger charge is 2.19. The van der Waals surface area contributed by atoms with Crippen molar-refractivity contribution in [2.75, 3.05) is 12.3 Å². The fraction of sp³-hybridized carbons (Fsp3) is 0.222. The van der Waals surface area contributed by atoms with Crippen LogP contribution in [0.5, 0.6) is 0 Å². The van der Waals surface area contributed by atoms with Crippen LogP contribution < -0.4 is 21.9 Å². The molecule has 2 aromatic heterocycles. The molecule has 0 saturated carbocycles. The zero-order chi connectivity index (χ0) is 14.0. The van der Waals surface area contributed by atoms with Gasteiger partial charge in [0.2, 0.25) is 11.6 Å². The molecule has 5 N–H and O–H groups in total. The Kier molecular flexibility index (Phi) is 3.35. The monoisotopic (exact) mass is 266 g/mol. The van der Waals surface area contributed by atoms with Crippen LogP contribution in [0, 0.1) is 0 Å². The lowest BCUT2D eigenvalue weighted by Gasteiger charge is -2.12. The molecule has 0 amide bonds. The summed E-state index contributed by atoms with van der Waals surface area (Å²) in [5.74, 6) is -1.33.